The Bertz CT molecular complexity index is 206. The van der Waals surface area contributed by atoms with Crippen molar-refractivity contribution >= 4 is 0 Å². The summed E-state index contributed by atoms with van der Waals surface area (Å²) < 4.78 is 0. The second kappa shape index (κ2) is 3.79. The first-order valence-electron chi connectivity index (χ1n) is 4.37. The van der Waals surface area contributed by atoms with Gasteiger partial charge in [-0.3, -0.25) is 0 Å². The van der Waals surface area contributed by atoms with Gasteiger partial charge < -0.3 is 5.73 Å². The first-order valence-corrected chi connectivity index (χ1v) is 4.37. The van der Waals surface area contributed by atoms with Gasteiger partial charge in [-0.25, -0.2) is 0 Å². The minimum absolute atomic E-state index is 0.194. The Morgan fingerprint density at radius 3 is 1.58 bits per heavy atom. The van der Waals surface area contributed by atoms with Crippen molar-refractivity contribution in [2.75, 3.05) is 0 Å². The summed E-state index contributed by atoms with van der Waals surface area (Å²) in [5.41, 5.74) is 9.40. The summed E-state index contributed by atoms with van der Waals surface area (Å²) in [7, 11) is 0. The topological polar surface area (TPSA) is 26.0 Å². The van der Waals surface area contributed by atoms with E-state index in [2.05, 4.69) is 40.7 Å². The Morgan fingerprint density at radius 2 is 1.50 bits per heavy atom. The van der Waals surface area contributed by atoms with E-state index in [1.807, 2.05) is 6.92 Å². The van der Waals surface area contributed by atoms with Gasteiger partial charge in [-0.1, -0.05) is 26.3 Å². The molecule has 0 aliphatic carbocycles. The van der Waals surface area contributed by atoms with Crippen molar-refractivity contribution in [1.29, 1.82) is 0 Å². The lowest BCUT2D eigenvalue weighted by molar-refractivity contribution is 0.511. The molecule has 0 aromatic carbocycles. The van der Waals surface area contributed by atoms with Crippen LogP contribution < -0.4 is 5.73 Å². The molecule has 0 fully saturated rings. The van der Waals surface area contributed by atoms with E-state index in [1.165, 1.54) is 11.1 Å². The summed E-state index contributed by atoms with van der Waals surface area (Å²) >= 11 is 0. The van der Waals surface area contributed by atoms with Gasteiger partial charge in [0.2, 0.25) is 0 Å². The van der Waals surface area contributed by atoms with Crippen LogP contribution in [0, 0.1) is 5.41 Å². The SMILES string of the molecule is CC(C)=C(/C=C(\C)N)C(C)(C)C. The predicted octanol–water partition coefficient (Wildman–Crippen LogP) is 3.23. The summed E-state index contributed by atoms with van der Waals surface area (Å²) in [6, 6.07) is 0. The maximum Gasteiger partial charge on any atom is 0.00518 e. The number of nitrogens with two attached hydrogens (primary N) is 1. The van der Waals surface area contributed by atoms with Crippen LogP contribution in [0.25, 0.3) is 0 Å². The predicted molar refractivity (Wildman–Crippen MR) is 55.8 cm³/mol. The Hall–Kier alpha value is -0.720. The molecular weight excluding hydrogens is 146 g/mol. The molecule has 0 aliphatic heterocycles. The Morgan fingerprint density at radius 1 is 1.08 bits per heavy atom. The van der Waals surface area contributed by atoms with Gasteiger partial charge in [0.25, 0.3) is 0 Å². The number of hydrogen-bond donors (Lipinski definition) is 1. The molecule has 0 aliphatic rings. The van der Waals surface area contributed by atoms with Crippen molar-refractivity contribution in [3.05, 3.63) is 22.9 Å². The average molecular weight is 167 g/mol. The first kappa shape index (κ1) is 11.3. The van der Waals surface area contributed by atoms with Gasteiger partial charge in [0.15, 0.2) is 0 Å². The zero-order valence-electron chi connectivity index (χ0n) is 9.15. The highest BCUT2D eigenvalue weighted by atomic mass is 14.5. The minimum Gasteiger partial charge on any atom is -0.402 e. The number of rotatable bonds is 1. The van der Waals surface area contributed by atoms with E-state index in [0.29, 0.717) is 0 Å². The van der Waals surface area contributed by atoms with E-state index in [-0.39, 0.29) is 5.41 Å². The molecule has 1 heteroatoms. The van der Waals surface area contributed by atoms with E-state index < -0.39 is 0 Å². The molecule has 12 heavy (non-hydrogen) atoms. The fraction of sp³-hybridized carbons (Fsp3) is 0.636. The molecule has 0 saturated heterocycles. The Balaban J connectivity index is 4.99. The molecule has 0 atom stereocenters. The highest BCUT2D eigenvalue weighted by Gasteiger charge is 2.15. The zero-order chi connectivity index (χ0) is 9.94. The standard InChI is InChI=1S/C11H21N/c1-8(2)10(7-9(3)12)11(4,5)6/h7H,12H2,1-6H3/b9-7+. The molecule has 0 unspecified atom stereocenters. The van der Waals surface area contributed by atoms with E-state index in [9.17, 15) is 0 Å². The Kier molecular flexibility index (Phi) is 3.56. The van der Waals surface area contributed by atoms with E-state index in [1.54, 1.807) is 0 Å². The lowest BCUT2D eigenvalue weighted by Gasteiger charge is -2.22. The van der Waals surface area contributed by atoms with Crippen molar-refractivity contribution in [1.82, 2.24) is 0 Å². The normalized spacial score (nSPS) is 13.0. The van der Waals surface area contributed by atoms with Gasteiger partial charge in [0, 0.05) is 5.70 Å². The molecule has 0 bridgehead atoms. The highest BCUT2D eigenvalue weighted by Crippen LogP contribution is 2.29. The van der Waals surface area contributed by atoms with Crippen molar-refractivity contribution in [3.63, 3.8) is 0 Å². The molecule has 0 saturated carbocycles. The summed E-state index contributed by atoms with van der Waals surface area (Å²) in [5.74, 6) is 0. The van der Waals surface area contributed by atoms with Crippen LogP contribution in [0.5, 0.6) is 0 Å². The molecule has 0 aromatic rings. The molecule has 0 aromatic heterocycles. The molecule has 2 N–H and O–H groups in total. The fourth-order valence-corrected chi connectivity index (χ4v) is 1.34. The quantitative estimate of drug-likeness (QED) is 0.596. The molecule has 0 rings (SSSR count). The van der Waals surface area contributed by atoms with Crippen LogP contribution in [-0.4, -0.2) is 0 Å². The number of allylic oxidation sites excluding steroid dienone is 4. The van der Waals surface area contributed by atoms with Crippen LogP contribution >= 0.6 is 0 Å². The van der Waals surface area contributed by atoms with E-state index in [4.69, 9.17) is 5.73 Å². The maximum atomic E-state index is 5.65. The summed E-state index contributed by atoms with van der Waals surface area (Å²) in [4.78, 5) is 0. The van der Waals surface area contributed by atoms with Crippen molar-refractivity contribution in [2.24, 2.45) is 11.1 Å². The van der Waals surface area contributed by atoms with Gasteiger partial charge in [-0.15, -0.1) is 0 Å². The van der Waals surface area contributed by atoms with Gasteiger partial charge in [-0.05, 0) is 37.8 Å². The summed E-state index contributed by atoms with van der Waals surface area (Å²) in [5, 5.41) is 0. The van der Waals surface area contributed by atoms with Crippen LogP contribution in [0.4, 0.5) is 0 Å². The van der Waals surface area contributed by atoms with Crippen LogP contribution in [0.2, 0.25) is 0 Å². The van der Waals surface area contributed by atoms with Gasteiger partial charge in [0.1, 0.15) is 0 Å². The highest BCUT2D eigenvalue weighted by molar-refractivity contribution is 5.30. The largest absolute Gasteiger partial charge is 0.402 e. The van der Waals surface area contributed by atoms with Crippen LogP contribution in [-0.2, 0) is 0 Å². The molecule has 0 radical (unpaired) electrons. The van der Waals surface area contributed by atoms with Gasteiger partial charge >= 0.3 is 0 Å². The molecule has 0 heterocycles. The third-order valence-electron chi connectivity index (χ3n) is 1.72. The van der Waals surface area contributed by atoms with Crippen molar-refractivity contribution < 1.29 is 0 Å². The monoisotopic (exact) mass is 167 g/mol. The van der Waals surface area contributed by atoms with Crippen molar-refractivity contribution in [3.8, 4) is 0 Å². The molecular formula is C11H21N. The summed E-state index contributed by atoms with van der Waals surface area (Å²) in [6.45, 7) is 12.8. The number of hydrogen-bond acceptors (Lipinski definition) is 1. The van der Waals surface area contributed by atoms with Gasteiger partial charge in [0.05, 0.1) is 0 Å². The smallest absolute Gasteiger partial charge is 0.00518 e. The lowest BCUT2D eigenvalue weighted by Crippen LogP contribution is -2.10. The third-order valence-corrected chi connectivity index (χ3v) is 1.72. The van der Waals surface area contributed by atoms with Crippen LogP contribution in [0.3, 0.4) is 0 Å². The van der Waals surface area contributed by atoms with Crippen LogP contribution in [0.15, 0.2) is 22.9 Å². The minimum atomic E-state index is 0.194. The first-order chi connectivity index (χ1) is 5.25. The van der Waals surface area contributed by atoms with E-state index in [0.717, 1.165) is 5.70 Å². The summed E-state index contributed by atoms with van der Waals surface area (Å²) in [6.07, 6.45) is 2.06. The molecule has 0 spiro atoms. The maximum absolute atomic E-state index is 5.65. The second-order valence-corrected chi connectivity index (χ2v) is 4.55. The lowest BCUT2D eigenvalue weighted by atomic mass is 9.83. The molecule has 70 valence electrons. The Labute approximate surface area is 76.3 Å². The van der Waals surface area contributed by atoms with Crippen LogP contribution in [0.1, 0.15) is 41.5 Å². The van der Waals surface area contributed by atoms with Gasteiger partial charge in [-0.2, -0.15) is 0 Å². The van der Waals surface area contributed by atoms with Crippen molar-refractivity contribution in [2.45, 2.75) is 41.5 Å². The molecule has 1 nitrogen and oxygen atoms in total. The zero-order valence-corrected chi connectivity index (χ0v) is 9.15. The van der Waals surface area contributed by atoms with E-state index >= 15 is 0 Å². The third kappa shape index (κ3) is 3.61. The fourth-order valence-electron chi connectivity index (χ4n) is 1.34. The molecule has 0 amide bonds. The average Bonchev–Trinajstić information content (AvgIpc) is 1.79. The second-order valence-electron chi connectivity index (χ2n) is 4.55.